The van der Waals surface area contributed by atoms with Gasteiger partial charge in [0.05, 0.1) is 13.0 Å². The van der Waals surface area contributed by atoms with Gasteiger partial charge in [-0.3, -0.25) is 4.79 Å². The molecule has 1 aromatic carbocycles. The quantitative estimate of drug-likeness (QED) is 0.661. The van der Waals surface area contributed by atoms with E-state index in [0.29, 0.717) is 6.42 Å². The summed E-state index contributed by atoms with van der Waals surface area (Å²) in [6.07, 6.45) is 2.93. The maximum absolute atomic E-state index is 12.2. The molecule has 0 aliphatic heterocycles. The highest BCUT2D eigenvalue weighted by Gasteiger charge is 2.26. The van der Waals surface area contributed by atoms with E-state index in [0.717, 1.165) is 24.8 Å². The van der Waals surface area contributed by atoms with Crippen molar-refractivity contribution in [3.05, 3.63) is 35.9 Å². The van der Waals surface area contributed by atoms with Crippen LogP contribution in [-0.4, -0.2) is 25.0 Å². The average molecular weight is 285 g/mol. The summed E-state index contributed by atoms with van der Waals surface area (Å²) in [5, 5.41) is 2.77. The number of hydrogen-bond acceptors (Lipinski definition) is 3. The second-order valence-corrected chi connectivity index (χ2v) is 5.04. The van der Waals surface area contributed by atoms with Crippen LogP contribution in [0.15, 0.2) is 30.3 Å². The van der Waals surface area contributed by atoms with Crippen molar-refractivity contribution in [1.82, 2.24) is 5.32 Å². The van der Waals surface area contributed by atoms with Gasteiger partial charge in [-0.25, -0.2) is 4.79 Å². The maximum Gasteiger partial charge on any atom is 0.328 e. The van der Waals surface area contributed by atoms with Crippen molar-refractivity contribution in [1.29, 1.82) is 0 Å². The maximum atomic E-state index is 12.2. The predicted octanol–water partition coefficient (Wildman–Crippen LogP) is 1.69. The summed E-state index contributed by atoms with van der Waals surface area (Å²) < 4.78 is 4.78. The van der Waals surface area contributed by atoms with Gasteiger partial charge in [-0.05, 0) is 18.4 Å². The molecule has 110 valence electrons. The summed E-state index contributed by atoms with van der Waals surface area (Å²) in [4.78, 5) is 24.1. The van der Waals surface area contributed by atoms with Gasteiger partial charge >= 0.3 is 5.97 Å². The van der Waals surface area contributed by atoms with Crippen LogP contribution in [0.25, 0.3) is 0 Å². The standard InChI is InChI=1S/C17H19NO3/c1-21-17(20)15(12-13-8-4-2-5-9-13)18-16(19)14-10-6-3-7-11-14/h2,4-5,8-9,14-15H,3,6,10,12H2,1H3,(H,18,19)/t14?,15-/m0/s1. The summed E-state index contributed by atoms with van der Waals surface area (Å²) in [5.74, 6) is 4.95. The molecule has 0 saturated heterocycles. The van der Waals surface area contributed by atoms with E-state index in [2.05, 4.69) is 17.2 Å². The summed E-state index contributed by atoms with van der Waals surface area (Å²) in [5.41, 5.74) is 0.975. The largest absolute Gasteiger partial charge is 0.467 e. The number of rotatable bonds is 5. The van der Waals surface area contributed by atoms with Gasteiger partial charge < -0.3 is 10.1 Å². The van der Waals surface area contributed by atoms with Crippen LogP contribution in [-0.2, 0) is 20.7 Å². The Balaban J connectivity index is 2.03. The van der Waals surface area contributed by atoms with Crippen LogP contribution in [0.5, 0.6) is 0 Å². The highest BCUT2D eigenvalue weighted by atomic mass is 16.5. The highest BCUT2D eigenvalue weighted by molar-refractivity contribution is 5.87. The van der Waals surface area contributed by atoms with E-state index in [1.807, 2.05) is 30.3 Å². The summed E-state index contributed by atoms with van der Waals surface area (Å²) in [6, 6.07) is 8.88. The third-order valence-electron chi connectivity index (χ3n) is 3.47. The SMILES string of the molecule is COC(=O)[C@H](Cc1ccccc1)NC(=O)C1C#CCCC1. The fraction of sp³-hybridized carbons (Fsp3) is 0.412. The minimum atomic E-state index is -0.673. The van der Waals surface area contributed by atoms with E-state index >= 15 is 0 Å². The fourth-order valence-corrected chi connectivity index (χ4v) is 2.32. The van der Waals surface area contributed by atoms with Gasteiger partial charge in [0.1, 0.15) is 6.04 Å². The molecule has 0 saturated carbocycles. The lowest BCUT2D eigenvalue weighted by molar-refractivity contribution is -0.145. The molecule has 1 aliphatic rings. The third-order valence-corrected chi connectivity index (χ3v) is 3.47. The molecule has 0 aromatic heterocycles. The second-order valence-electron chi connectivity index (χ2n) is 5.04. The van der Waals surface area contributed by atoms with Crippen molar-refractivity contribution in [2.75, 3.05) is 7.11 Å². The third kappa shape index (κ3) is 4.35. The topological polar surface area (TPSA) is 55.4 Å². The molecule has 0 heterocycles. The normalized spacial score (nSPS) is 18.0. The molecule has 0 bridgehead atoms. The first-order valence-electron chi connectivity index (χ1n) is 7.11. The van der Waals surface area contributed by atoms with E-state index < -0.39 is 12.0 Å². The van der Waals surface area contributed by atoms with Crippen molar-refractivity contribution in [3.8, 4) is 11.8 Å². The lowest BCUT2D eigenvalue weighted by Gasteiger charge is -2.19. The van der Waals surface area contributed by atoms with Gasteiger partial charge in [-0.2, -0.15) is 0 Å². The van der Waals surface area contributed by atoms with E-state index in [4.69, 9.17) is 4.74 Å². The van der Waals surface area contributed by atoms with Crippen LogP contribution in [0.4, 0.5) is 0 Å². The number of benzene rings is 1. The Labute approximate surface area is 124 Å². The van der Waals surface area contributed by atoms with Crippen LogP contribution < -0.4 is 5.32 Å². The van der Waals surface area contributed by atoms with Crippen LogP contribution >= 0.6 is 0 Å². The molecular formula is C17H19NO3. The van der Waals surface area contributed by atoms with Crippen molar-refractivity contribution < 1.29 is 14.3 Å². The number of ether oxygens (including phenoxy) is 1. The summed E-state index contributed by atoms with van der Waals surface area (Å²) >= 11 is 0. The molecule has 1 N–H and O–H groups in total. The summed E-state index contributed by atoms with van der Waals surface area (Å²) in [6.45, 7) is 0. The van der Waals surface area contributed by atoms with Crippen molar-refractivity contribution in [3.63, 3.8) is 0 Å². The Bertz CT molecular complexity index is 556. The molecular weight excluding hydrogens is 266 g/mol. The van der Waals surface area contributed by atoms with Gasteiger partial charge in [0, 0.05) is 12.8 Å². The fourth-order valence-electron chi connectivity index (χ4n) is 2.32. The molecule has 1 aromatic rings. The minimum Gasteiger partial charge on any atom is -0.467 e. The van der Waals surface area contributed by atoms with Crippen molar-refractivity contribution in [2.24, 2.45) is 5.92 Å². The molecule has 4 nitrogen and oxygen atoms in total. The lowest BCUT2D eigenvalue weighted by Crippen LogP contribution is -2.45. The zero-order valence-electron chi connectivity index (χ0n) is 12.1. The molecule has 0 radical (unpaired) electrons. The Morgan fingerprint density at radius 1 is 1.38 bits per heavy atom. The van der Waals surface area contributed by atoms with Gasteiger partial charge in [0.2, 0.25) is 5.91 Å². The molecule has 0 fully saturated rings. The van der Waals surface area contributed by atoms with E-state index in [1.54, 1.807) is 0 Å². The van der Waals surface area contributed by atoms with Crippen LogP contribution in [0.3, 0.4) is 0 Å². The molecule has 1 amide bonds. The first-order chi connectivity index (χ1) is 10.2. The summed E-state index contributed by atoms with van der Waals surface area (Å²) in [7, 11) is 1.33. The van der Waals surface area contributed by atoms with E-state index in [9.17, 15) is 9.59 Å². The average Bonchev–Trinajstić information content (AvgIpc) is 2.55. The lowest BCUT2D eigenvalue weighted by atomic mass is 9.96. The predicted molar refractivity (Wildman–Crippen MR) is 79.2 cm³/mol. The number of esters is 1. The number of carbonyl (C=O) groups excluding carboxylic acids is 2. The van der Waals surface area contributed by atoms with Gasteiger partial charge in [-0.15, -0.1) is 5.92 Å². The van der Waals surface area contributed by atoms with Crippen molar-refractivity contribution >= 4 is 11.9 Å². The molecule has 2 atom stereocenters. The monoisotopic (exact) mass is 285 g/mol. The van der Waals surface area contributed by atoms with Crippen LogP contribution in [0, 0.1) is 17.8 Å². The molecule has 1 unspecified atom stereocenters. The van der Waals surface area contributed by atoms with Gasteiger partial charge in [0.15, 0.2) is 0 Å². The number of nitrogens with one attached hydrogen (secondary N) is 1. The Kier molecular flexibility index (Phi) is 5.39. The van der Waals surface area contributed by atoms with E-state index in [1.165, 1.54) is 7.11 Å². The molecule has 2 rings (SSSR count). The zero-order chi connectivity index (χ0) is 15.1. The van der Waals surface area contributed by atoms with Gasteiger partial charge in [-0.1, -0.05) is 36.3 Å². The molecule has 0 spiro atoms. The first-order valence-corrected chi connectivity index (χ1v) is 7.11. The van der Waals surface area contributed by atoms with Crippen LogP contribution in [0.2, 0.25) is 0 Å². The second kappa shape index (κ2) is 7.49. The molecule has 4 heteroatoms. The Morgan fingerprint density at radius 2 is 2.14 bits per heavy atom. The number of carbonyl (C=O) groups is 2. The smallest absolute Gasteiger partial charge is 0.328 e. The highest BCUT2D eigenvalue weighted by Crippen LogP contribution is 2.13. The molecule has 1 aliphatic carbocycles. The zero-order valence-corrected chi connectivity index (χ0v) is 12.1. The van der Waals surface area contributed by atoms with Gasteiger partial charge in [0.25, 0.3) is 0 Å². The molecule has 21 heavy (non-hydrogen) atoms. The minimum absolute atomic E-state index is 0.187. The van der Waals surface area contributed by atoms with Crippen molar-refractivity contribution in [2.45, 2.75) is 31.7 Å². The van der Waals surface area contributed by atoms with Crippen LogP contribution in [0.1, 0.15) is 24.8 Å². The number of hydrogen-bond donors (Lipinski definition) is 1. The van der Waals surface area contributed by atoms with E-state index in [-0.39, 0.29) is 11.8 Å². The number of methoxy groups -OCH3 is 1. The number of amides is 1. The Morgan fingerprint density at radius 3 is 2.76 bits per heavy atom. The Hall–Kier alpha value is -2.28. The first kappa shape index (κ1) is 15.1.